The van der Waals surface area contributed by atoms with E-state index in [1.54, 1.807) is 18.5 Å². The fourth-order valence-electron chi connectivity index (χ4n) is 1.59. The Hall–Kier alpha value is -1.87. The van der Waals surface area contributed by atoms with E-state index in [9.17, 15) is 14.4 Å². The van der Waals surface area contributed by atoms with Gasteiger partial charge in [-0.2, -0.15) is 0 Å². The first-order chi connectivity index (χ1) is 10.0. The lowest BCUT2D eigenvalue weighted by Crippen LogP contribution is -2.36. The number of nitrogens with one attached hydrogen (secondary N) is 1. The first-order valence-corrected chi connectivity index (χ1v) is 7.81. The van der Waals surface area contributed by atoms with E-state index in [2.05, 4.69) is 15.0 Å². The first-order valence-electron chi connectivity index (χ1n) is 5.94. The van der Waals surface area contributed by atoms with Crippen LogP contribution in [0.15, 0.2) is 11.6 Å². The number of carbonyl (C=O) groups excluding carboxylic acids is 3. The quantitative estimate of drug-likeness (QED) is 0.837. The number of hydrogen-bond acceptors (Lipinski definition) is 7. The molecule has 0 bridgehead atoms. The number of thiazole rings is 1. The van der Waals surface area contributed by atoms with Gasteiger partial charge in [-0.1, -0.05) is 11.3 Å². The summed E-state index contributed by atoms with van der Waals surface area (Å²) < 4.78 is 4.63. The molecule has 1 aromatic rings. The van der Waals surface area contributed by atoms with Gasteiger partial charge in [-0.15, -0.1) is 11.8 Å². The molecule has 0 aromatic carbocycles. The minimum absolute atomic E-state index is 0.0813. The molecule has 0 saturated carbocycles. The number of ether oxygens (including phenoxy) is 1. The van der Waals surface area contributed by atoms with E-state index >= 15 is 0 Å². The molecular formula is C12H13N3O4S2. The number of hydrogen-bond donors (Lipinski definition) is 1. The number of nitrogens with zero attached hydrogens (tertiary/aromatic N) is 2. The fourth-order valence-corrected chi connectivity index (χ4v) is 3.13. The number of aryl methyl sites for hydroxylation is 1. The zero-order valence-corrected chi connectivity index (χ0v) is 13.0. The Labute approximate surface area is 129 Å². The van der Waals surface area contributed by atoms with E-state index in [1.165, 1.54) is 23.8 Å². The van der Waals surface area contributed by atoms with Crippen molar-refractivity contribution in [2.24, 2.45) is 0 Å². The van der Waals surface area contributed by atoms with Crippen LogP contribution < -0.4 is 5.32 Å². The normalized spacial score (nSPS) is 14.2. The molecule has 0 radical (unpaired) electrons. The number of esters is 1. The van der Waals surface area contributed by atoms with Crippen molar-refractivity contribution in [2.45, 2.75) is 6.92 Å². The highest BCUT2D eigenvalue weighted by molar-refractivity contribution is 8.02. The average Bonchev–Trinajstić information content (AvgIpc) is 2.81. The van der Waals surface area contributed by atoms with Gasteiger partial charge in [-0.3, -0.25) is 9.59 Å². The molecule has 21 heavy (non-hydrogen) atoms. The third kappa shape index (κ3) is 3.82. The maximum Gasteiger partial charge on any atom is 0.350 e. The fraction of sp³-hybridized carbons (Fsp3) is 0.333. The van der Waals surface area contributed by atoms with Crippen molar-refractivity contribution in [3.63, 3.8) is 0 Å². The molecule has 1 aromatic heterocycles. The highest BCUT2D eigenvalue weighted by Crippen LogP contribution is 2.23. The lowest BCUT2D eigenvalue weighted by molar-refractivity contribution is -0.129. The third-order valence-corrected chi connectivity index (χ3v) is 4.37. The third-order valence-electron chi connectivity index (χ3n) is 2.59. The van der Waals surface area contributed by atoms with Crippen molar-refractivity contribution in [1.29, 1.82) is 0 Å². The van der Waals surface area contributed by atoms with Gasteiger partial charge in [0.15, 0.2) is 5.13 Å². The van der Waals surface area contributed by atoms with E-state index in [1.807, 2.05) is 0 Å². The van der Waals surface area contributed by atoms with Crippen LogP contribution >= 0.6 is 23.1 Å². The summed E-state index contributed by atoms with van der Waals surface area (Å²) in [6.45, 7) is 1.58. The van der Waals surface area contributed by atoms with Gasteiger partial charge < -0.3 is 15.0 Å². The number of anilines is 1. The van der Waals surface area contributed by atoms with Crippen LogP contribution in [0, 0.1) is 6.92 Å². The molecule has 1 aliphatic rings. The number of rotatable bonds is 4. The Morgan fingerprint density at radius 2 is 2.29 bits per heavy atom. The lowest BCUT2D eigenvalue weighted by Gasteiger charge is -2.19. The van der Waals surface area contributed by atoms with Gasteiger partial charge in [0.2, 0.25) is 11.8 Å². The second kappa shape index (κ2) is 6.72. The molecule has 2 heterocycles. The Bertz CT molecular complexity index is 612. The SMILES string of the molecule is COC(=O)c1sc(NC(=O)CN2C=CSCC2=O)nc1C. The smallest absolute Gasteiger partial charge is 0.350 e. The monoisotopic (exact) mass is 327 g/mol. The molecule has 7 nitrogen and oxygen atoms in total. The highest BCUT2D eigenvalue weighted by atomic mass is 32.2. The minimum Gasteiger partial charge on any atom is -0.465 e. The van der Waals surface area contributed by atoms with Crippen LogP contribution in [0.1, 0.15) is 15.4 Å². The molecule has 0 atom stereocenters. The predicted octanol–water partition coefficient (Wildman–Crippen LogP) is 1.22. The molecule has 0 aliphatic carbocycles. The summed E-state index contributed by atoms with van der Waals surface area (Å²) in [6, 6.07) is 0. The van der Waals surface area contributed by atoms with E-state index in [4.69, 9.17) is 0 Å². The molecule has 2 amide bonds. The summed E-state index contributed by atoms with van der Waals surface area (Å²) in [5.74, 6) is -0.656. The molecule has 2 rings (SSSR count). The van der Waals surface area contributed by atoms with Crippen molar-refractivity contribution < 1.29 is 19.1 Å². The second-order valence-electron chi connectivity index (χ2n) is 4.09. The number of amides is 2. The van der Waals surface area contributed by atoms with Crippen molar-refractivity contribution in [1.82, 2.24) is 9.88 Å². The molecule has 0 spiro atoms. The van der Waals surface area contributed by atoms with Gasteiger partial charge in [0.05, 0.1) is 18.6 Å². The lowest BCUT2D eigenvalue weighted by atomic mass is 10.4. The molecule has 1 aliphatic heterocycles. The zero-order chi connectivity index (χ0) is 15.4. The number of methoxy groups -OCH3 is 1. The summed E-state index contributed by atoms with van der Waals surface area (Å²) >= 11 is 2.42. The van der Waals surface area contributed by atoms with Crippen molar-refractivity contribution in [3.8, 4) is 0 Å². The summed E-state index contributed by atoms with van der Waals surface area (Å²) in [4.78, 5) is 40.7. The van der Waals surface area contributed by atoms with Crippen LogP contribution in [0.4, 0.5) is 5.13 Å². The van der Waals surface area contributed by atoms with Crippen molar-refractivity contribution >= 4 is 46.0 Å². The summed E-state index contributed by atoms with van der Waals surface area (Å²) in [5.41, 5.74) is 0.493. The number of aromatic nitrogens is 1. The molecule has 112 valence electrons. The zero-order valence-electron chi connectivity index (χ0n) is 11.4. The Morgan fingerprint density at radius 1 is 1.52 bits per heavy atom. The molecule has 9 heteroatoms. The van der Waals surface area contributed by atoms with Crippen molar-refractivity contribution in [2.75, 3.05) is 24.7 Å². The van der Waals surface area contributed by atoms with Crippen molar-refractivity contribution in [3.05, 3.63) is 22.2 Å². The van der Waals surface area contributed by atoms with Crippen LogP contribution in [-0.2, 0) is 14.3 Å². The van der Waals surface area contributed by atoms with Gasteiger partial charge in [-0.05, 0) is 12.3 Å². The Balaban J connectivity index is 2.00. The van der Waals surface area contributed by atoms with Crippen LogP contribution in [0.25, 0.3) is 0 Å². The van der Waals surface area contributed by atoms with Crippen LogP contribution in [0.3, 0.4) is 0 Å². The van der Waals surface area contributed by atoms with Crippen LogP contribution in [0.5, 0.6) is 0 Å². The highest BCUT2D eigenvalue weighted by Gasteiger charge is 2.20. The molecule has 0 fully saturated rings. The largest absolute Gasteiger partial charge is 0.465 e. The molecular weight excluding hydrogens is 314 g/mol. The molecule has 0 unspecified atom stereocenters. The maximum absolute atomic E-state index is 11.9. The second-order valence-corrected chi connectivity index (χ2v) is 5.98. The van der Waals surface area contributed by atoms with E-state index in [0.29, 0.717) is 21.5 Å². The minimum atomic E-state index is -0.489. The van der Waals surface area contributed by atoms with E-state index in [-0.39, 0.29) is 18.4 Å². The average molecular weight is 327 g/mol. The maximum atomic E-state index is 11.9. The van der Waals surface area contributed by atoms with Gasteiger partial charge in [-0.25, -0.2) is 9.78 Å². The summed E-state index contributed by atoms with van der Waals surface area (Å²) in [6.07, 6.45) is 1.57. The van der Waals surface area contributed by atoms with Crippen LogP contribution in [0.2, 0.25) is 0 Å². The Morgan fingerprint density at radius 3 is 2.95 bits per heavy atom. The van der Waals surface area contributed by atoms with Gasteiger partial charge in [0.25, 0.3) is 0 Å². The van der Waals surface area contributed by atoms with E-state index < -0.39 is 5.97 Å². The summed E-state index contributed by atoms with van der Waals surface area (Å²) in [5, 5.41) is 4.64. The van der Waals surface area contributed by atoms with E-state index in [0.717, 1.165) is 11.3 Å². The van der Waals surface area contributed by atoms with Gasteiger partial charge >= 0.3 is 5.97 Å². The van der Waals surface area contributed by atoms with Gasteiger partial charge in [0, 0.05) is 6.20 Å². The standard InChI is InChI=1S/C12H13N3O4S2/c1-7-10(11(18)19-2)21-12(13-7)14-8(16)5-15-3-4-20-6-9(15)17/h3-4H,5-6H2,1-2H3,(H,13,14,16). The van der Waals surface area contributed by atoms with Crippen LogP contribution in [-0.4, -0.2) is 47.1 Å². The molecule has 0 saturated heterocycles. The molecule has 1 N–H and O–H groups in total. The predicted molar refractivity (Wildman–Crippen MR) is 80.1 cm³/mol. The Kier molecular flexibility index (Phi) is 4.97. The number of carbonyl (C=O) groups is 3. The topological polar surface area (TPSA) is 88.6 Å². The van der Waals surface area contributed by atoms with Gasteiger partial charge in [0.1, 0.15) is 11.4 Å². The summed E-state index contributed by atoms with van der Waals surface area (Å²) in [7, 11) is 1.28. The first kappa shape index (κ1) is 15.5. The number of thioether (sulfide) groups is 1.